The molecule has 0 amide bonds. The predicted octanol–water partition coefficient (Wildman–Crippen LogP) is 4.16. The van der Waals surface area contributed by atoms with E-state index in [1.54, 1.807) is 6.21 Å². The molecule has 2 aromatic carbocycles. The summed E-state index contributed by atoms with van der Waals surface area (Å²) in [5, 5.41) is 10.7. The number of halogens is 1. The molecule has 0 spiro atoms. The van der Waals surface area contributed by atoms with Crippen molar-refractivity contribution in [1.82, 2.24) is 14.9 Å². The van der Waals surface area contributed by atoms with Crippen molar-refractivity contribution in [1.29, 1.82) is 0 Å². The van der Waals surface area contributed by atoms with Crippen LogP contribution in [-0.2, 0) is 6.61 Å². The van der Waals surface area contributed by atoms with Gasteiger partial charge in [0.2, 0.25) is 4.77 Å². The second-order valence-corrected chi connectivity index (χ2v) is 6.04. The molecule has 0 aliphatic heterocycles. The molecule has 1 heterocycles. The second-order valence-electron chi connectivity index (χ2n) is 4.74. The Morgan fingerprint density at radius 2 is 2.09 bits per heavy atom. The van der Waals surface area contributed by atoms with Crippen LogP contribution in [-0.4, -0.2) is 21.1 Å². The monoisotopic (exact) mass is 388 g/mol. The van der Waals surface area contributed by atoms with Gasteiger partial charge in [-0.05, 0) is 47.6 Å². The lowest BCUT2D eigenvalue weighted by molar-refractivity contribution is 0.306. The van der Waals surface area contributed by atoms with E-state index in [9.17, 15) is 0 Å². The van der Waals surface area contributed by atoms with Gasteiger partial charge in [0, 0.05) is 4.47 Å². The van der Waals surface area contributed by atoms with Gasteiger partial charge in [0.25, 0.3) is 0 Å². The molecule has 0 aliphatic carbocycles. The molecule has 0 atom stereocenters. The smallest absolute Gasteiger partial charge is 0.216 e. The average molecular weight is 389 g/mol. The molecule has 0 bridgehead atoms. The summed E-state index contributed by atoms with van der Waals surface area (Å²) in [6, 6.07) is 15.7. The molecule has 0 unspecified atom stereocenters. The largest absolute Gasteiger partial charge is 0.489 e. The maximum absolute atomic E-state index is 5.81. The van der Waals surface area contributed by atoms with Crippen molar-refractivity contribution >= 4 is 34.4 Å². The first-order valence-electron chi connectivity index (χ1n) is 6.84. The first-order chi connectivity index (χ1) is 11.2. The molecule has 3 aromatic rings. The van der Waals surface area contributed by atoms with E-state index in [0.29, 0.717) is 11.4 Å². The van der Waals surface area contributed by atoms with Gasteiger partial charge in [-0.2, -0.15) is 14.9 Å². The number of aromatic nitrogens is 3. The van der Waals surface area contributed by atoms with Crippen LogP contribution in [0, 0.1) is 4.77 Å². The number of benzene rings is 2. The molecule has 5 nitrogen and oxygen atoms in total. The molecule has 1 aromatic heterocycles. The van der Waals surface area contributed by atoms with Crippen LogP contribution in [0.15, 0.2) is 64.4 Å². The lowest BCUT2D eigenvalue weighted by Crippen LogP contribution is -1.96. The number of hydrogen-bond acceptors (Lipinski definition) is 4. The lowest BCUT2D eigenvalue weighted by atomic mass is 10.2. The zero-order chi connectivity index (χ0) is 16.1. The van der Waals surface area contributed by atoms with Crippen LogP contribution in [0.2, 0.25) is 0 Å². The Kier molecular flexibility index (Phi) is 4.99. The molecule has 7 heteroatoms. The van der Waals surface area contributed by atoms with Crippen LogP contribution in [0.4, 0.5) is 0 Å². The average Bonchev–Trinajstić information content (AvgIpc) is 2.98. The van der Waals surface area contributed by atoms with Gasteiger partial charge in [0.15, 0.2) is 0 Å². The minimum Gasteiger partial charge on any atom is -0.489 e. The number of aromatic amines is 1. The van der Waals surface area contributed by atoms with Crippen molar-refractivity contribution in [3.63, 3.8) is 0 Å². The summed E-state index contributed by atoms with van der Waals surface area (Å²) in [5.41, 5.74) is 2.03. The molecule has 1 N–H and O–H groups in total. The molecule has 3 rings (SSSR count). The maximum atomic E-state index is 5.81. The summed E-state index contributed by atoms with van der Waals surface area (Å²) in [4.78, 5) is 0. The maximum Gasteiger partial charge on any atom is 0.216 e. The van der Waals surface area contributed by atoms with Crippen LogP contribution < -0.4 is 4.74 Å². The lowest BCUT2D eigenvalue weighted by Gasteiger charge is -2.07. The highest BCUT2D eigenvalue weighted by molar-refractivity contribution is 9.10. The first-order valence-corrected chi connectivity index (χ1v) is 8.04. The van der Waals surface area contributed by atoms with Crippen molar-refractivity contribution in [2.75, 3.05) is 0 Å². The molecule has 116 valence electrons. The van der Waals surface area contributed by atoms with Gasteiger partial charge in [-0.3, -0.25) is 5.10 Å². The van der Waals surface area contributed by atoms with E-state index >= 15 is 0 Å². The Morgan fingerprint density at radius 1 is 1.26 bits per heavy atom. The molecule has 0 saturated carbocycles. The van der Waals surface area contributed by atoms with Gasteiger partial charge < -0.3 is 4.74 Å². The number of ether oxygens (including phenoxy) is 1. The molecule has 23 heavy (non-hydrogen) atoms. The molecule has 0 radical (unpaired) electrons. The topological polar surface area (TPSA) is 55.2 Å². The van der Waals surface area contributed by atoms with E-state index in [4.69, 9.17) is 17.0 Å². The van der Waals surface area contributed by atoms with E-state index in [1.165, 1.54) is 11.0 Å². The summed E-state index contributed by atoms with van der Waals surface area (Å²) >= 11 is 8.45. The Labute approximate surface area is 146 Å². The fraction of sp³-hybridized carbons (Fsp3) is 0.0625. The van der Waals surface area contributed by atoms with Gasteiger partial charge in [-0.1, -0.05) is 40.2 Å². The van der Waals surface area contributed by atoms with Gasteiger partial charge in [0.05, 0.1) is 6.21 Å². The normalized spacial score (nSPS) is 11.0. The fourth-order valence-electron chi connectivity index (χ4n) is 1.89. The third-order valence-corrected chi connectivity index (χ3v) is 3.85. The predicted molar refractivity (Wildman–Crippen MR) is 95.3 cm³/mol. The third-order valence-electron chi connectivity index (χ3n) is 3.04. The number of H-pyrrole nitrogens is 1. The Hall–Kier alpha value is -2.25. The SMILES string of the molecule is S=c1[nH]ncn1N=Cc1cccc(OCc2ccc(Br)cc2)c1. The Bertz CT molecular complexity index is 870. The quantitative estimate of drug-likeness (QED) is 0.527. The minimum absolute atomic E-state index is 0.448. The zero-order valence-corrected chi connectivity index (χ0v) is 14.4. The second kappa shape index (κ2) is 7.34. The molecular weight excluding hydrogens is 376 g/mol. The highest BCUT2D eigenvalue weighted by atomic mass is 79.9. The van der Waals surface area contributed by atoms with E-state index in [-0.39, 0.29) is 0 Å². The van der Waals surface area contributed by atoms with E-state index in [1.807, 2.05) is 48.5 Å². The Balaban J connectivity index is 1.67. The highest BCUT2D eigenvalue weighted by Crippen LogP contribution is 2.16. The van der Waals surface area contributed by atoms with Crippen molar-refractivity contribution in [2.45, 2.75) is 6.61 Å². The minimum atomic E-state index is 0.448. The Morgan fingerprint density at radius 3 is 2.83 bits per heavy atom. The summed E-state index contributed by atoms with van der Waals surface area (Å²) in [7, 11) is 0. The van der Waals surface area contributed by atoms with Crippen molar-refractivity contribution in [3.8, 4) is 5.75 Å². The number of hydrogen-bond donors (Lipinski definition) is 1. The van der Waals surface area contributed by atoms with E-state index in [0.717, 1.165) is 21.3 Å². The number of rotatable bonds is 5. The van der Waals surface area contributed by atoms with Crippen LogP contribution in [0.1, 0.15) is 11.1 Å². The first kappa shape index (κ1) is 15.6. The van der Waals surface area contributed by atoms with Gasteiger partial charge in [-0.25, -0.2) is 0 Å². The molecular formula is C16H13BrN4OS. The zero-order valence-electron chi connectivity index (χ0n) is 12.0. The summed E-state index contributed by atoms with van der Waals surface area (Å²) < 4.78 is 8.80. The van der Waals surface area contributed by atoms with Gasteiger partial charge >= 0.3 is 0 Å². The van der Waals surface area contributed by atoms with Gasteiger partial charge in [0.1, 0.15) is 18.7 Å². The van der Waals surface area contributed by atoms with Crippen LogP contribution in [0.5, 0.6) is 5.75 Å². The molecule has 0 aliphatic rings. The summed E-state index contributed by atoms with van der Waals surface area (Å²) in [6.45, 7) is 0.515. The summed E-state index contributed by atoms with van der Waals surface area (Å²) in [6.07, 6.45) is 3.23. The van der Waals surface area contributed by atoms with Gasteiger partial charge in [-0.15, -0.1) is 0 Å². The summed E-state index contributed by atoms with van der Waals surface area (Å²) in [5.74, 6) is 0.785. The van der Waals surface area contributed by atoms with Crippen molar-refractivity contribution in [2.24, 2.45) is 5.10 Å². The fourth-order valence-corrected chi connectivity index (χ4v) is 2.30. The number of nitrogens with zero attached hydrogens (tertiary/aromatic N) is 3. The molecule has 0 saturated heterocycles. The van der Waals surface area contributed by atoms with Crippen molar-refractivity contribution in [3.05, 3.63) is 75.2 Å². The number of nitrogens with one attached hydrogen (secondary N) is 1. The highest BCUT2D eigenvalue weighted by Gasteiger charge is 1.98. The van der Waals surface area contributed by atoms with E-state index < -0.39 is 0 Å². The molecule has 0 fully saturated rings. The third kappa shape index (κ3) is 4.37. The van der Waals surface area contributed by atoms with Crippen LogP contribution in [0.3, 0.4) is 0 Å². The van der Waals surface area contributed by atoms with E-state index in [2.05, 4.69) is 31.2 Å². The van der Waals surface area contributed by atoms with Crippen LogP contribution >= 0.6 is 28.1 Å². The van der Waals surface area contributed by atoms with Crippen molar-refractivity contribution < 1.29 is 4.74 Å². The van der Waals surface area contributed by atoms with Crippen LogP contribution in [0.25, 0.3) is 0 Å². The standard InChI is InChI=1S/C16H13BrN4OS/c17-14-6-4-12(5-7-14)10-22-15-3-1-2-13(8-15)9-19-21-11-18-20-16(21)23/h1-9,11H,10H2,(H,20,23).